The van der Waals surface area contributed by atoms with Gasteiger partial charge < -0.3 is 10.1 Å². The van der Waals surface area contributed by atoms with E-state index in [2.05, 4.69) is 12.2 Å². The Balaban J connectivity index is 1.70. The number of hydrogen-bond donors (Lipinski definition) is 1. The molecular formula is C27H51NO3. The van der Waals surface area contributed by atoms with E-state index in [1.807, 2.05) is 0 Å². The lowest BCUT2D eigenvalue weighted by molar-refractivity contribution is -0.141. The van der Waals surface area contributed by atoms with Gasteiger partial charge in [-0.1, -0.05) is 129 Å². The van der Waals surface area contributed by atoms with Gasteiger partial charge in [0.1, 0.15) is 6.04 Å². The van der Waals surface area contributed by atoms with Gasteiger partial charge >= 0.3 is 5.97 Å². The highest BCUT2D eigenvalue weighted by Crippen LogP contribution is 2.15. The van der Waals surface area contributed by atoms with Crippen LogP contribution in [0.5, 0.6) is 0 Å². The number of carbonyl (C=O) groups excluding carboxylic acids is 2. The molecule has 1 amide bonds. The van der Waals surface area contributed by atoms with Gasteiger partial charge in [0.2, 0.25) is 5.91 Å². The van der Waals surface area contributed by atoms with Crippen LogP contribution >= 0.6 is 0 Å². The molecule has 0 aromatic rings. The molecule has 1 saturated heterocycles. The Morgan fingerprint density at radius 3 is 1.45 bits per heavy atom. The number of hydrogen-bond acceptors (Lipinski definition) is 3. The van der Waals surface area contributed by atoms with Crippen molar-refractivity contribution < 1.29 is 14.3 Å². The third-order valence-electron chi connectivity index (χ3n) is 6.53. The van der Waals surface area contributed by atoms with Crippen molar-refractivity contribution in [1.82, 2.24) is 5.32 Å². The SMILES string of the molecule is CCCCCCCCCCCCCCCCCCCCCCC(=O)N[C@H]1CCOC1=O. The molecule has 0 aliphatic carbocycles. The predicted octanol–water partition coefficient (Wildman–Crippen LogP) is 7.63. The van der Waals surface area contributed by atoms with Gasteiger partial charge in [-0.15, -0.1) is 0 Å². The summed E-state index contributed by atoms with van der Waals surface area (Å²) in [5, 5.41) is 2.78. The van der Waals surface area contributed by atoms with Crippen LogP contribution in [0.3, 0.4) is 0 Å². The second-order valence-corrected chi connectivity index (χ2v) is 9.54. The van der Waals surface area contributed by atoms with Gasteiger partial charge in [0.15, 0.2) is 0 Å². The molecule has 0 aromatic carbocycles. The number of esters is 1. The van der Waals surface area contributed by atoms with Gasteiger partial charge in [-0.3, -0.25) is 4.79 Å². The van der Waals surface area contributed by atoms with Crippen LogP contribution in [0.2, 0.25) is 0 Å². The van der Waals surface area contributed by atoms with Gasteiger partial charge in [-0.25, -0.2) is 4.79 Å². The monoisotopic (exact) mass is 437 g/mol. The number of nitrogens with one attached hydrogen (secondary N) is 1. The summed E-state index contributed by atoms with van der Waals surface area (Å²) in [5.74, 6) is -0.289. The lowest BCUT2D eigenvalue weighted by Crippen LogP contribution is -2.37. The molecular weight excluding hydrogens is 386 g/mol. The van der Waals surface area contributed by atoms with E-state index in [1.165, 1.54) is 116 Å². The third-order valence-corrected chi connectivity index (χ3v) is 6.53. The minimum atomic E-state index is -0.405. The molecule has 4 nitrogen and oxygen atoms in total. The second-order valence-electron chi connectivity index (χ2n) is 9.54. The maximum atomic E-state index is 11.8. The molecule has 31 heavy (non-hydrogen) atoms. The summed E-state index contributed by atoms with van der Waals surface area (Å²) in [6.45, 7) is 2.72. The highest BCUT2D eigenvalue weighted by molar-refractivity contribution is 5.85. The molecule has 1 rings (SSSR count). The Labute approximate surface area is 192 Å². The molecule has 0 radical (unpaired) electrons. The molecule has 182 valence electrons. The Bertz CT molecular complexity index is 438. The summed E-state index contributed by atoms with van der Waals surface area (Å²) in [7, 11) is 0. The number of amides is 1. The van der Waals surface area contributed by atoms with Crippen LogP contribution in [-0.4, -0.2) is 24.5 Å². The zero-order valence-electron chi connectivity index (χ0n) is 20.6. The maximum absolute atomic E-state index is 11.8. The fourth-order valence-electron chi connectivity index (χ4n) is 4.43. The molecule has 0 aromatic heterocycles. The highest BCUT2D eigenvalue weighted by Gasteiger charge is 2.27. The molecule has 1 atom stereocenters. The zero-order valence-corrected chi connectivity index (χ0v) is 20.6. The average Bonchev–Trinajstić information content (AvgIpc) is 3.16. The van der Waals surface area contributed by atoms with Crippen molar-refractivity contribution >= 4 is 11.9 Å². The first kappa shape index (κ1) is 28.0. The van der Waals surface area contributed by atoms with Gasteiger partial charge in [0.05, 0.1) is 6.61 Å². The van der Waals surface area contributed by atoms with E-state index in [9.17, 15) is 9.59 Å². The summed E-state index contributed by atoms with van der Waals surface area (Å²) in [4.78, 5) is 23.1. The minimum Gasteiger partial charge on any atom is -0.464 e. The molecule has 1 aliphatic heterocycles. The van der Waals surface area contributed by atoms with E-state index >= 15 is 0 Å². The Kier molecular flexibility index (Phi) is 18.8. The number of ether oxygens (including phenoxy) is 1. The number of unbranched alkanes of at least 4 members (excludes halogenated alkanes) is 19. The van der Waals surface area contributed by atoms with E-state index in [4.69, 9.17) is 4.74 Å². The number of carbonyl (C=O) groups is 2. The second kappa shape index (κ2) is 20.8. The molecule has 1 heterocycles. The Morgan fingerprint density at radius 1 is 0.710 bits per heavy atom. The lowest BCUT2D eigenvalue weighted by Gasteiger charge is -2.08. The summed E-state index contributed by atoms with van der Waals surface area (Å²) < 4.78 is 4.86. The molecule has 0 bridgehead atoms. The van der Waals surface area contributed by atoms with Crippen LogP contribution < -0.4 is 5.32 Å². The van der Waals surface area contributed by atoms with E-state index in [1.54, 1.807) is 0 Å². The van der Waals surface area contributed by atoms with Gasteiger partial charge in [-0.2, -0.15) is 0 Å². The molecule has 1 N–H and O–H groups in total. The topological polar surface area (TPSA) is 55.4 Å². The van der Waals surface area contributed by atoms with Crippen molar-refractivity contribution in [3.8, 4) is 0 Å². The standard InChI is InChI=1S/C27H51NO3/c1-2-3-4-5-6-7-8-9-10-11-12-13-14-15-16-17-18-19-20-21-22-26(29)28-25-23-24-31-27(25)30/h25H,2-24H2,1H3,(H,28,29)/t25-/m0/s1. The van der Waals surface area contributed by atoms with Crippen LogP contribution in [0.25, 0.3) is 0 Å². The molecule has 1 aliphatic rings. The first-order valence-corrected chi connectivity index (χ1v) is 13.7. The van der Waals surface area contributed by atoms with Crippen molar-refractivity contribution in [2.24, 2.45) is 0 Å². The van der Waals surface area contributed by atoms with Crippen molar-refractivity contribution in [2.75, 3.05) is 6.61 Å². The van der Waals surface area contributed by atoms with Crippen LogP contribution in [0, 0.1) is 0 Å². The van der Waals surface area contributed by atoms with Crippen molar-refractivity contribution in [1.29, 1.82) is 0 Å². The van der Waals surface area contributed by atoms with Gasteiger partial charge in [0.25, 0.3) is 0 Å². The number of cyclic esters (lactones) is 1. The van der Waals surface area contributed by atoms with E-state index in [-0.39, 0.29) is 11.9 Å². The summed E-state index contributed by atoms with van der Waals surface area (Å²) in [5.41, 5.74) is 0. The van der Waals surface area contributed by atoms with Crippen LogP contribution in [0.1, 0.15) is 148 Å². The van der Waals surface area contributed by atoms with Gasteiger partial charge in [-0.05, 0) is 6.42 Å². The average molecular weight is 438 g/mol. The summed E-state index contributed by atoms with van der Waals surface area (Å²) >= 11 is 0. The third kappa shape index (κ3) is 17.2. The van der Waals surface area contributed by atoms with Crippen molar-refractivity contribution in [3.05, 3.63) is 0 Å². The van der Waals surface area contributed by atoms with Crippen LogP contribution in [0.15, 0.2) is 0 Å². The molecule has 4 heteroatoms. The lowest BCUT2D eigenvalue weighted by atomic mass is 10.0. The quantitative estimate of drug-likeness (QED) is 0.140. The van der Waals surface area contributed by atoms with E-state index in [0.29, 0.717) is 19.4 Å². The van der Waals surface area contributed by atoms with E-state index in [0.717, 1.165) is 12.8 Å². The fraction of sp³-hybridized carbons (Fsp3) is 0.926. The smallest absolute Gasteiger partial charge is 0.328 e. The maximum Gasteiger partial charge on any atom is 0.328 e. The normalized spacial score (nSPS) is 15.9. The largest absolute Gasteiger partial charge is 0.464 e. The molecule has 0 spiro atoms. The fourth-order valence-corrected chi connectivity index (χ4v) is 4.43. The first-order valence-electron chi connectivity index (χ1n) is 13.7. The highest BCUT2D eigenvalue weighted by atomic mass is 16.5. The molecule has 0 unspecified atom stereocenters. The number of rotatable bonds is 22. The van der Waals surface area contributed by atoms with Crippen LogP contribution in [0.4, 0.5) is 0 Å². The molecule has 0 saturated carbocycles. The minimum absolute atomic E-state index is 0.00809. The first-order chi connectivity index (χ1) is 15.2. The van der Waals surface area contributed by atoms with Gasteiger partial charge in [0, 0.05) is 12.8 Å². The summed E-state index contributed by atoms with van der Waals surface area (Å²) in [6.07, 6.45) is 28.4. The van der Waals surface area contributed by atoms with E-state index < -0.39 is 6.04 Å². The predicted molar refractivity (Wildman–Crippen MR) is 130 cm³/mol. The Morgan fingerprint density at radius 2 is 1.10 bits per heavy atom. The van der Waals surface area contributed by atoms with Crippen molar-refractivity contribution in [2.45, 2.75) is 154 Å². The Hall–Kier alpha value is -1.06. The van der Waals surface area contributed by atoms with Crippen molar-refractivity contribution in [3.63, 3.8) is 0 Å². The van der Waals surface area contributed by atoms with Crippen LogP contribution in [-0.2, 0) is 14.3 Å². The zero-order chi connectivity index (χ0) is 22.4. The summed E-state index contributed by atoms with van der Waals surface area (Å²) in [6, 6.07) is -0.405. The molecule has 1 fully saturated rings.